The average molecular weight is 275 g/mol. The third-order valence-electron chi connectivity index (χ3n) is 4.11. The first-order valence-electron chi connectivity index (χ1n) is 6.97. The van der Waals surface area contributed by atoms with Gasteiger partial charge >= 0.3 is 5.69 Å². The summed E-state index contributed by atoms with van der Waals surface area (Å²) in [5.74, 6) is 0.183. The summed E-state index contributed by atoms with van der Waals surface area (Å²) in [6.45, 7) is 3.28. The highest BCUT2D eigenvalue weighted by Gasteiger charge is 2.30. The zero-order valence-electron chi connectivity index (χ0n) is 11.5. The third-order valence-corrected chi connectivity index (χ3v) is 4.11. The Morgan fingerprint density at radius 2 is 2.10 bits per heavy atom. The number of hydrogen-bond acceptors (Lipinski definition) is 4. The maximum absolute atomic E-state index is 12.5. The molecule has 106 valence electrons. The zero-order valence-corrected chi connectivity index (χ0v) is 11.5. The van der Waals surface area contributed by atoms with Gasteiger partial charge in [0.15, 0.2) is 0 Å². The molecule has 1 saturated carbocycles. The summed E-state index contributed by atoms with van der Waals surface area (Å²) >= 11 is 0. The maximum atomic E-state index is 12.5. The summed E-state index contributed by atoms with van der Waals surface area (Å²) in [6.07, 6.45) is 2.73. The molecule has 3 rings (SSSR count). The second kappa shape index (κ2) is 4.91. The summed E-state index contributed by atoms with van der Waals surface area (Å²) in [6, 6.07) is 2.11. The van der Waals surface area contributed by atoms with Crippen molar-refractivity contribution in [3.63, 3.8) is 0 Å². The molecule has 6 nitrogen and oxygen atoms in total. The van der Waals surface area contributed by atoms with Gasteiger partial charge in [0.25, 0.3) is 5.56 Å². The molecule has 1 unspecified atom stereocenters. The number of nitrogens with zero attached hydrogens (tertiary/aromatic N) is 3. The molecule has 1 aliphatic carbocycles. The van der Waals surface area contributed by atoms with Crippen molar-refractivity contribution in [1.82, 2.24) is 9.13 Å². The second-order valence-corrected chi connectivity index (χ2v) is 5.60. The fourth-order valence-corrected chi connectivity index (χ4v) is 2.81. The van der Waals surface area contributed by atoms with Gasteiger partial charge in [0.05, 0.1) is 6.61 Å². The highest BCUT2D eigenvalue weighted by molar-refractivity contribution is 5.31. The minimum Gasteiger partial charge on any atom is -0.381 e. The fourth-order valence-electron chi connectivity index (χ4n) is 2.81. The van der Waals surface area contributed by atoms with E-state index in [0.717, 1.165) is 19.3 Å². The second-order valence-electron chi connectivity index (χ2n) is 5.60. The van der Waals surface area contributed by atoms with Crippen LogP contribution in [0.2, 0.25) is 0 Å². The smallest absolute Gasteiger partial charge is 0.331 e. The Balaban J connectivity index is 2.12. The highest BCUT2D eigenvalue weighted by Crippen LogP contribution is 2.34. The lowest BCUT2D eigenvalue weighted by Gasteiger charge is -2.15. The molecule has 2 heterocycles. The molecule has 6 heteroatoms. The Hall–Kier alpha value is -1.87. The zero-order chi connectivity index (χ0) is 14.3. The standard InChI is InChI=1S/C14H17N3O3/c1-9-12(6-15)13(18)16(7-10-4-5-20-8-10)14(19)17(9)11-2-3-11/h10-11H,2-5,7-8H2,1H3. The van der Waals surface area contributed by atoms with Crippen LogP contribution in [0.5, 0.6) is 0 Å². The van der Waals surface area contributed by atoms with E-state index < -0.39 is 5.56 Å². The minimum absolute atomic E-state index is 0.0930. The molecule has 0 N–H and O–H groups in total. The number of rotatable bonds is 3. The van der Waals surface area contributed by atoms with Crippen LogP contribution in [0.1, 0.15) is 36.6 Å². The van der Waals surface area contributed by atoms with Crippen LogP contribution < -0.4 is 11.2 Å². The molecular weight excluding hydrogens is 258 g/mol. The van der Waals surface area contributed by atoms with Crippen molar-refractivity contribution in [2.75, 3.05) is 13.2 Å². The SMILES string of the molecule is Cc1c(C#N)c(=O)n(CC2CCOC2)c(=O)n1C1CC1. The Bertz CT molecular complexity index is 685. The number of hydrogen-bond donors (Lipinski definition) is 0. The quantitative estimate of drug-likeness (QED) is 0.807. The topological polar surface area (TPSA) is 77.0 Å². The Morgan fingerprint density at radius 1 is 1.35 bits per heavy atom. The molecule has 1 saturated heterocycles. The Morgan fingerprint density at radius 3 is 2.65 bits per heavy atom. The Kier molecular flexibility index (Phi) is 3.22. The molecular formula is C14H17N3O3. The van der Waals surface area contributed by atoms with E-state index in [1.165, 1.54) is 4.57 Å². The highest BCUT2D eigenvalue weighted by atomic mass is 16.5. The largest absolute Gasteiger partial charge is 0.381 e. The molecule has 0 radical (unpaired) electrons. The van der Waals surface area contributed by atoms with Crippen molar-refractivity contribution in [3.05, 3.63) is 32.1 Å². The van der Waals surface area contributed by atoms with E-state index in [4.69, 9.17) is 4.74 Å². The van der Waals surface area contributed by atoms with Gasteiger partial charge in [-0.05, 0) is 26.2 Å². The molecule has 1 atom stereocenters. The number of nitriles is 1. The van der Waals surface area contributed by atoms with Gasteiger partial charge in [0.1, 0.15) is 11.6 Å². The van der Waals surface area contributed by atoms with Gasteiger partial charge in [-0.3, -0.25) is 13.9 Å². The maximum Gasteiger partial charge on any atom is 0.331 e. The lowest BCUT2D eigenvalue weighted by Crippen LogP contribution is -2.43. The molecule has 2 fully saturated rings. The number of aromatic nitrogens is 2. The van der Waals surface area contributed by atoms with E-state index in [9.17, 15) is 14.9 Å². The van der Waals surface area contributed by atoms with Crippen LogP contribution in [0.25, 0.3) is 0 Å². The average Bonchev–Trinajstić information content (AvgIpc) is 3.11. The van der Waals surface area contributed by atoms with Crippen LogP contribution >= 0.6 is 0 Å². The van der Waals surface area contributed by atoms with E-state index in [0.29, 0.717) is 25.5 Å². The van der Waals surface area contributed by atoms with Crippen molar-refractivity contribution < 1.29 is 4.74 Å². The van der Waals surface area contributed by atoms with Crippen LogP contribution in [0.3, 0.4) is 0 Å². The van der Waals surface area contributed by atoms with Crippen molar-refractivity contribution in [1.29, 1.82) is 5.26 Å². The van der Waals surface area contributed by atoms with E-state index in [1.807, 2.05) is 6.07 Å². The molecule has 0 aromatic carbocycles. The van der Waals surface area contributed by atoms with Gasteiger partial charge in [-0.15, -0.1) is 0 Å². The van der Waals surface area contributed by atoms with Gasteiger partial charge < -0.3 is 4.74 Å². The van der Waals surface area contributed by atoms with E-state index in [-0.39, 0.29) is 23.2 Å². The Labute approximate surface area is 116 Å². The van der Waals surface area contributed by atoms with Gasteiger partial charge in [-0.1, -0.05) is 0 Å². The van der Waals surface area contributed by atoms with Gasteiger partial charge in [0, 0.05) is 30.8 Å². The molecule has 1 aliphatic heterocycles. The molecule has 2 aliphatic rings. The predicted octanol–water partition coefficient (Wildman–Crippen LogP) is 0.561. The van der Waals surface area contributed by atoms with Gasteiger partial charge in [-0.25, -0.2) is 4.79 Å². The van der Waals surface area contributed by atoms with Crippen molar-refractivity contribution >= 4 is 0 Å². The molecule has 1 aromatic heterocycles. The molecule has 20 heavy (non-hydrogen) atoms. The molecule has 0 bridgehead atoms. The van der Waals surface area contributed by atoms with Crippen LogP contribution in [0, 0.1) is 24.2 Å². The monoisotopic (exact) mass is 275 g/mol. The first kappa shape index (κ1) is 13.1. The van der Waals surface area contributed by atoms with Crippen molar-refractivity contribution in [2.45, 2.75) is 38.8 Å². The van der Waals surface area contributed by atoms with E-state index in [1.54, 1.807) is 11.5 Å². The van der Waals surface area contributed by atoms with Crippen molar-refractivity contribution in [3.8, 4) is 6.07 Å². The summed E-state index contributed by atoms with van der Waals surface area (Å²) in [4.78, 5) is 24.8. The summed E-state index contributed by atoms with van der Waals surface area (Å²) < 4.78 is 8.14. The third kappa shape index (κ3) is 2.08. The van der Waals surface area contributed by atoms with Crippen molar-refractivity contribution in [2.24, 2.45) is 5.92 Å². The first-order chi connectivity index (χ1) is 9.63. The first-order valence-corrected chi connectivity index (χ1v) is 6.97. The van der Waals surface area contributed by atoms with E-state index >= 15 is 0 Å². The predicted molar refractivity (Wildman–Crippen MR) is 71.6 cm³/mol. The van der Waals surface area contributed by atoms with Crippen LogP contribution in [-0.2, 0) is 11.3 Å². The minimum atomic E-state index is -0.459. The van der Waals surface area contributed by atoms with Gasteiger partial charge in [0.2, 0.25) is 0 Å². The lowest BCUT2D eigenvalue weighted by atomic mass is 10.1. The molecule has 1 aromatic rings. The summed E-state index contributed by atoms with van der Waals surface area (Å²) in [7, 11) is 0. The molecule has 0 amide bonds. The summed E-state index contributed by atoms with van der Waals surface area (Å²) in [5, 5.41) is 9.20. The van der Waals surface area contributed by atoms with E-state index in [2.05, 4.69) is 0 Å². The van der Waals surface area contributed by atoms with Crippen LogP contribution in [0.15, 0.2) is 9.59 Å². The van der Waals surface area contributed by atoms with Crippen LogP contribution in [-0.4, -0.2) is 22.3 Å². The summed E-state index contributed by atoms with van der Waals surface area (Å²) in [5.41, 5.74) is -0.140. The lowest BCUT2D eigenvalue weighted by molar-refractivity contribution is 0.181. The fraction of sp³-hybridized carbons (Fsp3) is 0.643. The molecule has 0 spiro atoms. The van der Waals surface area contributed by atoms with Gasteiger partial charge in [-0.2, -0.15) is 5.26 Å². The van der Waals surface area contributed by atoms with Crippen LogP contribution in [0.4, 0.5) is 0 Å². The normalized spacial score (nSPS) is 21.9. The number of ether oxygens (including phenoxy) is 1.